The first-order valence-electron chi connectivity index (χ1n) is 6.07. The van der Waals surface area contributed by atoms with Gasteiger partial charge in [-0.1, -0.05) is 0 Å². The molecule has 0 spiro atoms. The van der Waals surface area contributed by atoms with Crippen LogP contribution in [0.1, 0.15) is 19.3 Å². The second-order valence-electron chi connectivity index (χ2n) is 4.88. The van der Waals surface area contributed by atoms with Crippen molar-refractivity contribution in [1.82, 2.24) is 4.90 Å². The Morgan fingerprint density at radius 3 is 1.81 bits per heavy atom. The molecule has 0 aromatic heterocycles. The number of carboxylic acids is 1. The van der Waals surface area contributed by atoms with Crippen LogP contribution in [-0.2, 0) is 9.59 Å². The van der Waals surface area contributed by atoms with Crippen LogP contribution in [0.3, 0.4) is 0 Å². The first-order chi connectivity index (χ1) is 9.43. The summed E-state index contributed by atoms with van der Waals surface area (Å²) in [5, 5.41) is 8.56. The summed E-state index contributed by atoms with van der Waals surface area (Å²) in [4.78, 5) is 22.5. The monoisotopic (exact) mass is 321 g/mol. The van der Waals surface area contributed by atoms with Gasteiger partial charge in [0.25, 0.3) is 0 Å². The maximum absolute atomic E-state index is 12.4. The number of rotatable bonds is 3. The molecule has 0 radical (unpaired) electrons. The molecule has 1 amide bonds. The van der Waals surface area contributed by atoms with Gasteiger partial charge in [0, 0.05) is 19.5 Å². The average molecular weight is 321 g/mol. The second-order valence-corrected chi connectivity index (χ2v) is 4.88. The normalized spacial score (nSPS) is 18.1. The molecule has 1 fully saturated rings. The number of hydrogen-bond acceptors (Lipinski definition) is 2. The molecule has 21 heavy (non-hydrogen) atoms. The van der Waals surface area contributed by atoms with Gasteiger partial charge in [-0.2, -0.15) is 26.3 Å². The summed E-state index contributed by atoms with van der Waals surface area (Å²) in [6, 6.07) is 0. The Kier molecular flexibility index (Phi) is 5.11. The first-order valence-corrected chi connectivity index (χ1v) is 6.07. The van der Waals surface area contributed by atoms with Crippen LogP contribution in [0.15, 0.2) is 0 Å². The number of carboxylic acid groups (broad SMARTS) is 1. The van der Waals surface area contributed by atoms with Gasteiger partial charge in [0.05, 0.1) is 0 Å². The summed E-state index contributed by atoms with van der Waals surface area (Å²) in [6.07, 6.45) is -11.5. The molecule has 10 heteroatoms. The zero-order chi connectivity index (χ0) is 16.4. The van der Waals surface area contributed by atoms with Crippen LogP contribution in [0, 0.1) is 11.8 Å². The highest BCUT2D eigenvalue weighted by molar-refractivity contribution is 5.80. The van der Waals surface area contributed by atoms with E-state index in [4.69, 9.17) is 5.11 Å². The molecule has 1 rings (SSSR count). The SMILES string of the molecule is O=C(O)CC1CCN(C(=O)C(C(F)(F)F)C(F)(F)F)CC1. The minimum absolute atomic E-state index is 0.0699. The van der Waals surface area contributed by atoms with Crippen molar-refractivity contribution >= 4 is 11.9 Å². The Labute approximate surface area is 115 Å². The van der Waals surface area contributed by atoms with Crippen molar-refractivity contribution in [2.75, 3.05) is 13.1 Å². The summed E-state index contributed by atoms with van der Waals surface area (Å²) >= 11 is 0. The van der Waals surface area contributed by atoms with Gasteiger partial charge in [-0.3, -0.25) is 9.59 Å². The third-order valence-corrected chi connectivity index (χ3v) is 3.29. The lowest BCUT2D eigenvalue weighted by molar-refractivity contribution is -0.277. The molecule has 0 bridgehead atoms. The number of carbonyl (C=O) groups is 2. The maximum atomic E-state index is 12.4. The maximum Gasteiger partial charge on any atom is 0.409 e. The third kappa shape index (κ3) is 4.78. The summed E-state index contributed by atoms with van der Waals surface area (Å²) in [6.45, 7) is -0.612. The lowest BCUT2D eigenvalue weighted by Gasteiger charge is -2.34. The third-order valence-electron chi connectivity index (χ3n) is 3.29. The minimum Gasteiger partial charge on any atom is -0.481 e. The van der Waals surface area contributed by atoms with Gasteiger partial charge in [0.1, 0.15) is 0 Å². The van der Waals surface area contributed by atoms with Gasteiger partial charge in [-0.05, 0) is 18.8 Å². The lowest BCUT2D eigenvalue weighted by Crippen LogP contribution is -2.51. The molecular weight excluding hydrogens is 308 g/mol. The number of halogens is 6. The fourth-order valence-corrected chi connectivity index (χ4v) is 2.25. The van der Waals surface area contributed by atoms with Gasteiger partial charge in [0.15, 0.2) is 0 Å². The Hall–Kier alpha value is -1.48. The van der Waals surface area contributed by atoms with Crippen LogP contribution in [-0.4, -0.2) is 47.3 Å². The molecule has 1 aliphatic rings. The van der Waals surface area contributed by atoms with E-state index in [0.717, 1.165) is 0 Å². The van der Waals surface area contributed by atoms with Crippen LogP contribution in [0.25, 0.3) is 0 Å². The van der Waals surface area contributed by atoms with Crippen LogP contribution >= 0.6 is 0 Å². The van der Waals surface area contributed by atoms with Crippen LogP contribution in [0.4, 0.5) is 26.3 Å². The zero-order valence-corrected chi connectivity index (χ0v) is 10.7. The molecule has 0 unspecified atom stereocenters. The van der Waals surface area contributed by atoms with Gasteiger partial charge in [-0.25, -0.2) is 0 Å². The van der Waals surface area contributed by atoms with Crippen molar-refractivity contribution in [2.24, 2.45) is 11.8 Å². The number of hydrogen-bond donors (Lipinski definition) is 1. The van der Waals surface area contributed by atoms with E-state index < -0.39 is 30.1 Å². The first kappa shape index (κ1) is 17.6. The minimum atomic E-state index is -5.70. The van der Waals surface area contributed by atoms with Crippen molar-refractivity contribution in [1.29, 1.82) is 0 Å². The fourth-order valence-electron chi connectivity index (χ4n) is 2.25. The Morgan fingerprint density at radius 2 is 1.48 bits per heavy atom. The summed E-state index contributed by atoms with van der Waals surface area (Å²) in [5.41, 5.74) is 0. The predicted molar refractivity (Wildman–Crippen MR) is 57.2 cm³/mol. The quantitative estimate of drug-likeness (QED) is 0.812. The van der Waals surface area contributed by atoms with Crippen molar-refractivity contribution in [3.8, 4) is 0 Å². The molecule has 0 saturated carbocycles. The Bertz CT molecular complexity index is 384. The summed E-state index contributed by atoms with van der Waals surface area (Å²) < 4.78 is 74.5. The highest BCUT2D eigenvalue weighted by Gasteiger charge is 2.62. The number of nitrogens with zero attached hydrogens (tertiary/aromatic N) is 1. The van der Waals surface area contributed by atoms with E-state index in [0.29, 0.717) is 4.90 Å². The van der Waals surface area contributed by atoms with E-state index in [1.807, 2.05) is 0 Å². The molecule has 1 aliphatic heterocycles. The molecule has 1 N–H and O–H groups in total. The molecule has 0 aliphatic carbocycles. The summed E-state index contributed by atoms with van der Waals surface area (Å²) in [5.74, 6) is -7.49. The molecule has 122 valence electrons. The zero-order valence-electron chi connectivity index (χ0n) is 10.7. The topological polar surface area (TPSA) is 57.6 Å². The van der Waals surface area contributed by atoms with Gasteiger partial charge in [0.2, 0.25) is 11.8 Å². The number of aliphatic carboxylic acids is 1. The average Bonchev–Trinajstić information content (AvgIpc) is 2.24. The largest absolute Gasteiger partial charge is 0.481 e. The van der Waals surface area contributed by atoms with Gasteiger partial charge in [-0.15, -0.1) is 0 Å². The number of amides is 1. The van der Waals surface area contributed by atoms with Crippen molar-refractivity contribution < 1.29 is 41.0 Å². The standard InChI is InChI=1S/C11H13F6NO3/c12-10(13,14)8(11(15,16)17)9(21)18-3-1-6(2-4-18)5-7(19)20/h6,8H,1-5H2,(H,19,20). The highest BCUT2D eigenvalue weighted by Crippen LogP contribution is 2.40. The Balaban J connectivity index is 2.73. The van der Waals surface area contributed by atoms with Gasteiger partial charge >= 0.3 is 18.3 Å². The molecule has 4 nitrogen and oxygen atoms in total. The number of alkyl halides is 6. The molecule has 0 aromatic carbocycles. The fraction of sp³-hybridized carbons (Fsp3) is 0.818. The number of carbonyl (C=O) groups excluding carboxylic acids is 1. The molecule has 0 aromatic rings. The van der Waals surface area contributed by atoms with Crippen LogP contribution in [0.5, 0.6) is 0 Å². The summed E-state index contributed by atoms with van der Waals surface area (Å²) in [7, 11) is 0. The second kappa shape index (κ2) is 6.10. The lowest BCUT2D eigenvalue weighted by atomic mass is 9.92. The van der Waals surface area contributed by atoms with E-state index >= 15 is 0 Å². The van der Waals surface area contributed by atoms with Gasteiger partial charge < -0.3 is 10.0 Å². The van der Waals surface area contributed by atoms with E-state index in [9.17, 15) is 35.9 Å². The predicted octanol–water partition coefficient (Wildman–Crippen LogP) is 2.44. The van der Waals surface area contributed by atoms with E-state index in [1.54, 1.807) is 0 Å². The number of piperidine rings is 1. The van der Waals surface area contributed by atoms with E-state index in [1.165, 1.54) is 0 Å². The van der Waals surface area contributed by atoms with Crippen molar-refractivity contribution in [2.45, 2.75) is 31.6 Å². The Morgan fingerprint density at radius 1 is 1.05 bits per heavy atom. The van der Waals surface area contributed by atoms with Crippen LogP contribution < -0.4 is 0 Å². The van der Waals surface area contributed by atoms with Crippen molar-refractivity contribution in [3.05, 3.63) is 0 Å². The van der Waals surface area contributed by atoms with Crippen molar-refractivity contribution in [3.63, 3.8) is 0 Å². The molecule has 1 heterocycles. The number of likely N-dealkylation sites (tertiary alicyclic amines) is 1. The van der Waals surface area contributed by atoms with E-state index in [-0.39, 0.29) is 38.3 Å². The smallest absolute Gasteiger partial charge is 0.409 e. The molecule has 1 saturated heterocycles. The highest BCUT2D eigenvalue weighted by atomic mass is 19.4. The van der Waals surface area contributed by atoms with E-state index in [2.05, 4.69) is 0 Å². The molecular formula is C11H13F6NO3. The van der Waals surface area contributed by atoms with Crippen LogP contribution in [0.2, 0.25) is 0 Å². The molecule has 0 atom stereocenters.